The first kappa shape index (κ1) is 16.8. The van der Waals surface area contributed by atoms with E-state index in [-0.39, 0.29) is 16.6 Å². The Morgan fingerprint density at radius 3 is 2.58 bits per heavy atom. The number of rotatable bonds is 4. The fourth-order valence-electron chi connectivity index (χ4n) is 2.92. The highest BCUT2D eigenvalue weighted by molar-refractivity contribution is 7.89. The first-order chi connectivity index (χ1) is 11.4. The van der Waals surface area contributed by atoms with Gasteiger partial charge in [0, 0.05) is 24.6 Å². The van der Waals surface area contributed by atoms with E-state index in [4.69, 9.17) is 0 Å². The van der Waals surface area contributed by atoms with Crippen LogP contribution in [-0.4, -0.2) is 46.8 Å². The number of piperidine rings is 1. The van der Waals surface area contributed by atoms with Gasteiger partial charge in [-0.3, -0.25) is 9.89 Å². The molecule has 7 nitrogen and oxygen atoms in total. The molecule has 1 N–H and O–H groups in total. The third-order valence-electron chi connectivity index (χ3n) is 4.31. The third-order valence-corrected chi connectivity index (χ3v) is 6.21. The van der Waals surface area contributed by atoms with Crippen LogP contribution >= 0.6 is 0 Å². The molecule has 3 rings (SSSR count). The molecule has 128 valence electrons. The van der Waals surface area contributed by atoms with E-state index < -0.39 is 10.0 Å². The molecule has 0 spiro atoms. The number of ketones is 1. The Morgan fingerprint density at radius 1 is 1.29 bits per heavy atom. The molecule has 0 amide bonds. The van der Waals surface area contributed by atoms with Gasteiger partial charge in [-0.1, -0.05) is 12.1 Å². The fourth-order valence-corrected chi connectivity index (χ4v) is 4.44. The third kappa shape index (κ3) is 3.25. The predicted molar refractivity (Wildman–Crippen MR) is 88.3 cm³/mol. The minimum atomic E-state index is -3.59. The van der Waals surface area contributed by atoms with E-state index >= 15 is 0 Å². The fraction of sp³-hybridized carbons (Fsp3) is 0.438. The summed E-state index contributed by atoms with van der Waals surface area (Å²) in [6, 6.07) is 6.21. The van der Waals surface area contributed by atoms with Gasteiger partial charge < -0.3 is 0 Å². The average Bonchev–Trinajstić information content (AvgIpc) is 3.01. The number of hydrogen-bond donors (Lipinski definition) is 1. The number of carbonyl (C=O) groups is 1. The first-order valence-electron chi connectivity index (χ1n) is 7.88. The Hall–Kier alpha value is -2.06. The number of sulfonamides is 1. The Balaban J connectivity index is 1.75. The largest absolute Gasteiger partial charge is 0.295 e. The molecular formula is C16H20N4O3S. The summed E-state index contributed by atoms with van der Waals surface area (Å²) in [6.45, 7) is 4.12. The van der Waals surface area contributed by atoms with Crippen molar-refractivity contribution in [3.63, 3.8) is 0 Å². The lowest BCUT2D eigenvalue weighted by Gasteiger charge is -2.30. The van der Waals surface area contributed by atoms with Crippen LogP contribution in [0, 0.1) is 6.92 Å². The highest BCUT2D eigenvalue weighted by Gasteiger charge is 2.31. The molecule has 1 aromatic carbocycles. The molecule has 24 heavy (non-hydrogen) atoms. The second kappa shape index (κ2) is 6.45. The van der Waals surface area contributed by atoms with E-state index in [9.17, 15) is 13.2 Å². The van der Waals surface area contributed by atoms with Gasteiger partial charge in [0.2, 0.25) is 10.0 Å². The van der Waals surface area contributed by atoms with Crippen LogP contribution < -0.4 is 0 Å². The number of benzene rings is 1. The molecule has 1 aromatic heterocycles. The molecule has 0 unspecified atom stereocenters. The molecule has 1 fully saturated rings. The number of hydrogen-bond acceptors (Lipinski definition) is 5. The van der Waals surface area contributed by atoms with Crippen LogP contribution in [-0.2, 0) is 10.0 Å². The van der Waals surface area contributed by atoms with Crippen molar-refractivity contribution < 1.29 is 13.2 Å². The molecule has 0 atom stereocenters. The molecule has 2 heterocycles. The van der Waals surface area contributed by atoms with E-state index in [1.54, 1.807) is 12.1 Å². The summed E-state index contributed by atoms with van der Waals surface area (Å²) < 4.78 is 27.0. The Kier molecular flexibility index (Phi) is 4.51. The van der Waals surface area contributed by atoms with Crippen molar-refractivity contribution in [3.8, 4) is 0 Å². The van der Waals surface area contributed by atoms with Crippen molar-refractivity contribution in [3.05, 3.63) is 41.5 Å². The monoisotopic (exact) mass is 348 g/mol. The highest BCUT2D eigenvalue weighted by Crippen LogP contribution is 2.29. The molecule has 0 aliphatic carbocycles. The van der Waals surface area contributed by atoms with Crippen molar-refractivity contribution in [1.29, 1.82) is 0 Å². The van der Waals surface area contributed by atoms with Crippen LogP contribution in [0.4, 0.5) is 0 Å². The lowest BCUT2D eigenvalue weighted by Crippen LogP contribution is -2.38. The van der Waals surface area contributed by atoms with Crippen molar-refractivity contribution in [2.45, 2.75) is 37.5 Å². The summed E-state index contributed by atoms with van der Waals surface area (Å²) in [5.74, 6) is 1.54. The van der Waals surface area contributed by atoms with E-state index in [2.05, 4.69) is 15.2 Å². The molecule has 2 aromatic rings. The molecular weight excluding hydrogens is 328 g/mol. The van der Waals surface area contributed by atoms with Gasteiger partial charge in [-0.25, -0.2) is 13.4 Å². The summed E-state index contributed by atoms with van der Waals surface area (Å²) in [4.78, 5) is 16.0. The van der Waals surface area contributed by atoms with Crippen molar-refractivity contribution in [2.75, 3.05) is 13.1 Å². The van der Waals surface area contributed by atoms with Gasteiger partial charge in [0.15, 0.2) is 11.6 Å². The highest BCUT2D eigenvalue weighted by atomic mass is 32.2. The van der Waals surface area contributed by atoms with Gasteiger partial charge in [0.1, 0.15) is 5.82 Å². The van der Waals surface area contributed by atoms with E-state index in [1.807, 2.05) is 6.92 Å². The van der Waals surface area contributed by atoms with E-state index in [0.717, 1.165) is 11.6 Å². The quantitative estimate of drug-likeness (QED) is 0.851. The maximum Gasteiger partial charge on any atom is 0.243 e. The van der Waals surface area contributed by atoms with Crippen LogP contribution in [0.15, 0.2) is 29.2 Å². The molecule has 0 saturated carbocycles. The van der Waals surface area contributed by atoms with Crippen LogP contribution in [0.25, 0.3) is 0 Å². The second-order valence-electron chi connectivity index (χ2n) is 6.04. The van der Waals surface area contributed by atoms with E-state index in [1.165, 1.54) is 23.4 Å². The number of aromatic amines is 1. The number of nitrogens with zero attached hydrogens (tertiary/aromatic N) is 3. The zero-order valence-corrected chi connectivity index (χ0v) is 14.5. The standard InChI is InChI=1S/C16H20N4O3S/c1-11(21)14-4-3-5-15(10-14)24(22,23)20-8-6-13(7-9-20)16-17-12(2)18-19-16/h3-5,10,13H,6-9H2,1-2H3,(H,17,18,19). The van der Waals surface area contributed by atoms with Crippen LogP contribution in [0.3, 0.4) is 0 Å². The lowest BCUT2D eigenvalue weighted by atomic mass is 9.98. The van der Waals surface area contributed by atoms with E-state index in [0.29, 0.717) is 31.5 Å². The minimum Gasteiger partial charge on any atom is -0.295 e. The number of aryl methyl sites for hydroxylation is 1. The number of nitrogens with one attached hydrogen (secondary N) is 1. The Labute approximate surface area is 141 Å². The topological polar surface area (TPSA) is 96.0 Å². The van der Waals surface area contributed by atoms with Crippen LogP contribution in [0.1, 0.15) is 47.7 Å². The molecule has 1 aliphatic heterocycles. The molecule has 1 saturated heterocycles. The Morgan fingerprint density at radius 2 is 2.00 bits per heavy atom. The smallest absolute Gasteiger partial charge is 0.243 e. The average molecular weight is 348 g/mol. The van der Waals surface area contributed by atoms with Gasteiger partial charge in [-0.05, 0) is 38.8 Å². The Bertz CT molecular complexity index is 852. The predicted octanol–water partition coefficient (Wildman–Crippen LogP) is 1.88. The van der Waals surface area contributed by atoms with Crippen molar-refractivity contribution >= 4 is 15.8 Å². The van der Waals surface area contributed by atoms with Crippen molar-refractivity contribution in [1.82, 2.24) is 19.5 Å². The second-order valence-corrected chi connectivity index (χ2v) is 7.98. The van der Waals surface area contributed by atoms with Crippen LogP contribution in [0.5, 0.6) is 0 Å². The number of Topliss-reactive ketones (excluding diaryl/α,β-unsaturated/α-hetero) is 1. The number of H-pyrrole nitrogens is 1. The van der Waals surface area contributed by atoms with Crippen LogP contribution in [0.2, 0.25) is 0 Å². The van der Waals surface area contributed by atoms with Gasteiger partial charge in [-0.15, -0.1) is 0 Å². The maximum absolute atomic E-state index is 12.8. The minimum absolute atomic E-state index is 0.147. The lowest BCUT2D eigenvalue weighted by molar-refractivity contribution is 0.101. The number of aromatic nitrogens is 3. The first-order valence-corrected chi connectivity index (χ1v) is 9.32. The molecule has 0 bridgehead atoms. The van der Waals surface area contributed by atoms with Gasteiger partial charge in [0.25, 0.3) is 0 Å². The summed E-state index contributed by atoms with van der Waals surface area (Å²) in [6.07, 6.45) is 1.37. The van der Waals surface area contributed by atoms with Gasteiger partial charge in [-0.2, -0.15) is 9.40 Å². The summed E-state index contributed by atoms with van der Waals surface area (Å²) in [5.41, 5.74) is 0.405. The summed E-state index contributed by atoms with van der Waals surface area (Å²) >= 11 is 0. The van der Waals surface area contributed by atoms with Gasteiger partial charge in [0.05, 0.1) is 4.90 Å². The normalized spacial score (nSPS) is 17.1. The molecule has 8 heteroatoms. The summed E-state index contributed by atoms with van der Waals surface area (Å²) in [5, 5.41) is 7.00. The molecule has 1 aliphatic rings. The zero-order chi connectivity index (χ0) is 17.3. The number of carbonyl (C=O) groups excluding carboxylic acids is 1. The maximum atomic E-state index is 12.8. The zero-order valence-electron chi connectivity index (χ0n) is 13.7. The molecule has 0 radical (unpaired) electrons. The SMILES string of the molecule is CC(=O)c1cccc(S(=O)(=O)N2CCC(c3n[nH]c(C)n3)CC2)c1. The van der Waals surface area contributed by atoms with Gasteiger partial charge >= 0.3 is 0 Å². The van der Waals surface area contributed by atoms with Crippen molar-refractivity contribution in [2.24, 2.45) is 0 Å². The summed E-state index contributed by atoms with van der Waals surface area (Å²) in [7, 11) is -3.59.